The van der Waals surface area contributed by atoms with E-state index in [1.165, 1.54) is 4.90 Å². The molecule has 1 heterocycles. The van der Waals surface area contributed by atoms with Crippen LogP contribution >= 0.6 is 0 Å². The maximum absolute atomic E-state index is 12.7. The van der Waals surface area contributed by atoms with E-state index < -0.39 is 0 Å². The lowest BCUT2D eigenvalue weighted by Crippen LogP contribution is -2.31. The number of rotatable bonds is 7. The van der Waals surface area contributed by atoms with Gasteiger partial charge in [0, 0.05) is 6.54 Å². The molecule has 4 rings (SSSR count). The first kappa shape index (κ1) is 27.4. The molecule has 186 valence electrons. The van der Waals surface area contributed by atoms with Gasteiger partial charge in [0.05, 0.1) is 39.6 Å². The van der Waals surface area contributed by atoms with Crippen molar-refractivity contribution in [3.05, 3.63) is 77.4 Å². The van der Waals surface area contributed by atoms with Crippen molar-refractivity contribution < 1.29 is 28.2 Å². The van der Waals surface area contributed by atoms with E-state index in [9.17, 15) is 14.0 Å². The summed E-state index contributed by atoms with van der Waals surface area (Å²) in [4.78, 5) is 26.8. The van der Waals surface area contributed by atoms with E-state index in [1.807, 2.05) is 50.2 Å². The topological polar surface area (TPSA) is 65.1 Å². The molecular formula is C28H32FNO5. The van der Waals surface area contributed by atoms with Gasteiger partial charge in [0.2, 0.25) is 0 Å². The van der Waals surface area contributed by atoms with E-state index in [0.717, 1.165) is 22.4 Å². The number of amides is 2. The highest BCUT2D eigenvalue weighted by molar-refractivity contribution is 6.21. The third-order valence-corrected chi connectivity index (χ3v) is 5.49. The van der Waals surface area contributed by atoms with Crippen LogP contribution in [0.1, 0.15) is 40.1 Å². The van der Waals surface area contributed by atoms with Gasteiger partial charge in [0.25, 0.3) is 11.8 Å². The third kappa shape index (κ3) is 5.80. The van der Waals surface area contributed by atoms with E-state index in [-0.39, 0.29) is 18.4 Å². The Morgan fingerprint density at radius 3 is 1.71 bits per heavy atom. The SMILES string of the molecule is CC.CF.COc1ccc(-c2cc(OC)c(OC)cc2CCN2C(=O)c3ccccc3C2=O)cc1. The van der Waals surface area contributed by atoms with Gasteiger partial charge in [-0.05, 0) is 59.5 Å². The Balaban J connectivity index is 0.00000103. The first-order chi connectivity index (χ1) is 17.1. The van der Waals surface area contributed by atoms with Crippen LogP contribution < -0.4 is 14.2 Å². The third-order valence-electron chi connectivity index (χ3n) is 5.49. The smallest absolute Gasteiger partial charge is 0.261 e. The second kappa shape index (κ2) is 13.1. The molecule has 6 nitrogen and oxygen atoms in total. The molecule has 3 aromatic carbocycles. The molecule has 7 heteroatoms. The maximum atomic E-state index is 12.7. The van der Waals surface area contributed by atoms with Crippen LogP contribution in [0, 0.1) is 0 Å². The molecule has 0 spiro atoms. The predicted octanol–water partition coefficient (Wildman–Crippen LogP) is 5.83. The Morgan fingerprint density at radius 2 is 1.23 bits per heavy atom. The quantitative estimate of drug-likeness (QED) is 0.397. The van der Waals surface area contributed by atoms with E-state index in [1.54, 1.807) is 45.6 Å². The monoisotopic (exact) mass is 481 g/mol. The van der Waals surface area contributed by atoms with Crippen molar-refractivity contribution in [2.75, 3.05) is 35.1 Å². The van der Waals surface area contributed by atoms with Gasteiger partial charge >= 0.3 is 0 Å². The summed E-state index contributed by atoms with van der Waals surface area (Å²) in [6, 6.07) is 18.4. The first-order valence-electron chi connectivity index (χ1n) is 11.3. The minimum atomic E-state index is -0.257. The Morgan fingerprint density at radius 1 is 0.714 bits per heavy atom. The molecule has 0 N–H and O–H groups in total. The molecule has 35 heavy (non-hydrogen) atoms. The highest BCUT2D eigenvalue weighted by Gasteiger charge is 2.34. The summed E-state index contributed by atoms with van der Waals surface area (Å²) in [5.74, 6) is 1.45. The minimum absolute atomic E-state index is 0.257. The summed E-state index contributed by atoms with van der Waals surface area (Å²) >= 11 is 0. The summed E-state index contributed by atoms with van der Waals surface area (Å²) in [6.45, 7) is 4.27. The van der Waals surface area contributed by atoms with Gasteiger partial charge in [-0.3, -0.25) is 18.9 Å². The number of carbonyl (C=O) groups is 2. The van der Waals surface area contributed by atoms with Crippen LogP contribution in [0.2, 0.25) is 0 Å². The van der Waals surface area contributed by atoms with Crippen molar-refractivity contribution in [1.82, 2.24) is 4.90 Å². The fourth-order valence-electron chi connectivity index (χ4n) is 3.84. The molecule has 0 radical (unpaired) electrons. The molecule has 0 saturated carbocycles. The van der Waals surface area contributed by atoms with Gasteiger partial charge in [-0.25, -0.2) is 0 Å². The van der Waals surface area contributed by atoms with Gasteiger partial charge in [0.1, 0.15) is 5.75 Å². The fraction of sp³-hybridized carbons (Fsp3) is 0.286. The molecule has 0 fully saturated rings. The van der Waals surface area contributed by atoms with Crippen molar-refractivity contribution in [3.8, 4) is 28.4 Å². The van der Waals surface area contributed by atoms with Crippen molar-refractivity contribution in [2.24, 2.45) is 0 Å². The molecule has 3 aromatic rings. The van der Waals surface area contributed by atoms with Crippen LogP contribution in [0.3, 0.4) is 0 Å². The second-order valence-electron chi connectivity index (χ2n) is 7.15. The highest BCUT2D eigenvalue weighted by atomic mass is 19.1. The van der Waals surface area contributed by atoms with Gasteiger partial charge in [0.15, 0.2) is 11.5 Å². The number of nitrogens with zero attached hydrogens (tertiary/aromatic N) is 1. The number of hydrogen-bond donors (Lipinski definition) is 0. The Labute approximate surface area is 206 Å². The molecule has 0 aliphatic carbocycles. The number of alkyl halides is 1. The maximum Gasteiger partial charge on any atom is 0.261 e. The van der Waals surface area contributed by atoms with Crippen LogP contribution in [-0.4, -0.2) is 51.8 Å². The van der Waals surface area contributed by atoms with Crippen LogP contribution in [0.25, 0.3) is 11.1 Å². The number of ether oxygens (including phenoxy) is 3. The Kier molecular flexibility index (Phi) is 10.3. The molecule has 0 saturated heterocycles. The zero-order valence-corrected chi connectivity index (χ0v) is 21.1. The summed E-state index contributed by atoms with van der Waals surface area (Å²) in [7, 11) is 5.30. The molecule has 0 unspecified atom stereocenters. The predicted molar refractivity (Wildman–Crippen MR) is 135 cm³/mol. The molecule has 0 atom stereocenters. The van der Waals surface area contributed by atoms with E-state index in [0.29, 0.717) is 36.2 Å². The summed E-state index contributed by atoms with van der Waals surface area (Å²) in [6.07, 6.45) is 0.479. The number of halogens is 1. The number of imide groups is 1. The Hall–Kier alpha value is -3.87. The standard InChI is InChI=1S/C25H23NO5.C2H6.CH3F/c1-29-18-10-8-16(9-11-18)21-15-23(31-3)22(30-2)14-17(21)12-13-26-24(27)19-6-4-5-7-20(19)25(26)28;2*1-2/h4-11,14-15H,12-13H2,1-3H3;1-2H3;1H3. The summed E-state index contributed by atoms with van der Waals surface area (Å²) in [5.41, 5.74) is 3.76. The van der Waals surface area contributed by atoms with Gasteiger partial charge in [-0.15, -0.1) is 0 Å². The fourth-order valence-corrected chi connectivity index (χ4v) is 3.84. The zero-order chi connectivity index (χ0) is 26.0. The number of fused-ring (bicyclic) bond motifs is 1. The first-order valence-corrected chi connectivity index (χ1v) is 11.3. The normalized spacial score (nSPS) is 11.6. The molecule has 1 aliphatic heterocycles. The highest BCUT2D eigenvalue weighted by Crippen LogP contribution is 2.37. The average Bonchev–Trinajstić information content (AvgIpc) is 3.18. The minimum Gasteiger partial charge on any atom is -0.497 e. The van der Waals surface area contributed by atoms with Gasteiger partial charge < -0.3 is 14.2 Å². The van der Waals surface area contributed by atoms with Crippen molar-refractivity contribution >= 4 is 11.8 Å². The molecule has 1 aliphatic rings. The number of hydrogen-bond acceptors (Lipinski definition) is 5. The second-order valence-corrected chi connectivity index (χ2v) is 7.15. The van der Waals surface area contributed by atoms with Gasteiger partial charge in [-0.1, -0.05) is 38.1 Å². The van der Waals surface area contributed by atoms with Crippen molar-refractivity contribution in [3.63, 3.8) is 0 Å². The lowest BCUT2D eigenvalue weighted by Gasteiger charge is -2.18. The Bertz CT molecular complexity index is 1110. The molecule has 2 amide bonds. The van der Waals surface area contributed by atoms with Crippen molar-refractivity contribution in [2.45, 2.75) is 20.3 Å². The lowest BCUT2D eigenvalue weighted by atomic mass is 9.96. The van der Waals surface area contributed by atoms with Crippen molar-refractivity contribution in [1.29, 1.82) is 0 Å². The van der Waals surface area contributed by atoms with E-state index in [4.69, 9.17) is 14.2 Å². The molecule has 0 bridgehead atoms. The zero-order valence-electron chi connectivity index (χ0n) is 21.1. The molecular weight excluding hydrogens is 449 g/mol. The van der Waals surface area contributed by atoms with Crippen LogP contribution in [0.5, 0.6) is 17.2 Å². The molecule has 0 aromatic heterocycles. The van der Waals surface area contributed by atoms with Crippen LogP contribution in [-0.2, 0) is 6.42 Å². The summed E-state index contributed by atoms with van der Waals surface area (Å²) in [5, 5.41) is 0. The number of benzene rings is 3. The van der Waals surface area contributed by atoms with Crippen LogP contribution in [0.15, 0.2) is 60.7 Å². The van der Waals surface area contributed by atoms with Crippen LogP contribution in [0.4, 0.5) is 4.39 Å². The summed E-state index contributed by atoms with van der Waals surface area (Å²) < 4.78 is 25.7. The largest absolute Gasteiger partial charge is 0.497 e. The lowest BCUT2D eigenvalue weighted by molar-refractivity contribution is 0.0656. The average molecular weight is 482 g/mol. The number of carbonyl (C=O) groups excluding carboxylic acids is 2. The van der Waals surface area contributed by atoms with E-state index in [2.05, 4.69) is 0 Å². The van der Waals surface area contributed by atoms with Gasteiger partial charge in [-0.2, -0.15) is 0 Å². The van der Waals surface area contributed by atoms with E-state index >= 15 is 0 Å². The number of methoxy groups -OCH3 is 3.